The van der Waals surface area contributed by atoms with Crippen molar-refractivity contribution in [2.24, 2.45) is 0 Å². The molecule has 3 rings (SSSR count). The number of H-pyrrole nitrogens is 1. The number of hydrogen-bond acceptors (Lipinski definition) is 3. The van der Waals surface area contributed by atoms with Crippen LogP contribution < -0.4 is 5.32 Å². The van der Waals surface area contributed by atoms with E-state index in [0.29, 0.717) is 0 Å². The van der Waals surface area contributed by atoms with E-state index in [2.05, 4.69) is 36.3 Å². The number of nitrogens with zero attached hydrogens (tertiary/aromatic N) is 2. The number of amides is 2. The molecule has 1 aromatic rings. The highest BCUT2D eigenvalue weighted by atomic mass is 16.5. The lowest BCUT2D eigenvalue weighted by atomic mass is 9.98. The van der Waals surface area contributed by atoms with Crippen LogP contribution in [0.4, 0.5) is 4.79 Å². The van der Waals surface area contributed by atoms with Gasteiger partial charge >= 0.3 is 6.03 Å². The molecule has 0 saturated carbocycles. The number of aromatic amines is 1. The standard InChI is InChI=1S/C19H32N4O2/c1-12-10-16(11-13(2)25-12)20-19(24)23-9-7-5-6-8-17(23)18-14(3)21-22-15(18)4/h12-13,16-17H,5-11H2,1-4H3,(H,20,24)(H,21,22)/t12-,13-,17+/m1/s1. The van der Waals surface area contributed by atoms with E-state index in [1.807, 2.05) is 11.8 Å². The summed E-state index contributed by atoms with van der Waals surface area (Å²) in [6, 6.07) is 0.385. The average Bonchev–Trinajstić information content (AvgIpc) is 2.74. The topological polar surface area (TPSA) is 70.2 Å². The van der Waals surface area contributed by atoms with Crippen molar-refractivity contribution in [3.05, 3.63) is 17.0 Å². The molecule has 2 fully saturated rings. The van der Waals surface area contributed by atoms with Crippen LogP contribution in [0.25, 0.3) is 0 Å². The molecule has 1 aromatic heterocycles. The quantitative estimate of drug-likeness (QED) is 0.858. The van der Waals surface area contributed by atoms with E-state index in [9.17, 15) is 4.79 Å². The number of carbonyl (C=O) groups excluding carboxylic acids is 1. The van der Waals surface area contributed by atoms with Crippen LogP contribution in [0.1, 0.15) is 75.4 Å². The van der Waals surface area contributed by atoms with Gasteiger partial charge in [0.05, 0.1) is 23.9 Å². The first-order valence-electron chi connectivity index (χ1n) is 9.69. The monoisotopic (exact) mass is 348 g/mol. The van der Waals surface area contributed by atoms with Crippen molar-refractivity contribution in [2.45, 2.75) is 90.5 Å². The maximum Gasteiger partial charge on any atom is 0.318 e. The summed E-state index contributed by atoms with van der Waals surface area (Å²) in [6.07, 6.45) is 6.59. The number of ether oxygens (including phenoxy) is 1. The number of aromatic nitrogens is 2. The second-order valence-electron chi connectivity index (χ2n) is 7.78. The van der Waals surface area contributed by atoms with Crippen molar-refractivity contribution >= 4 is 6.03 Å². The summed E-state index contributed by atoms with van der Waals surface area (Å²) in [5.74, 6) is 0. The molecule has 3 heterocycles. The summed E-state index contributed by atoms with van der Waals surface area (Å²) in [4.78, 5) is 15.1. The minimum absolute atomic E-state index is 0.0678. The van der Waals surface area contributed by atoms with E-state index in [-0.39, 0.29) is 30.3 Å². The molecule has 2 aliphatic rings. The lowest BCUT2D eigenvalue weighted by Crippen LogP contribution is -2.50. The Hall–Kier alpha value is -1.56. The van der Waals surface area contributed by atoms with Crippen LogP contribution in [0.2, 0.25) is 0 Å². The second kappa shape index (κ2) is 7.77. The van der Waals surface area contributed by atoms with Gasteiger partial charge in [-0.15, -0.1) is 0 Å². The fourth-order valence-electron chi connectivity index (χ4n) is 4.48. The maximum atomic E-state index is 13.1. The molecule has 0 aliphatic carbocycles. The lowest BCUT2D eigenvalue weighted by molar-refractivity contribution is -0.0408. The lowest BCUT2D eigenvalue weighted by Gasteiger charge is -2.36. The Labute approximate surface area is 150 Å². The number of likely N-dealkylation sites (tertiary alicyclic amines) is 1. The molecule has 140 valence electrons. The van der Waals surface area contributed by atoms with Gasteiger partial charge in [-0.1, -0.05) is 12.8 Å². The highest BCUT2D eigenvalue weighted by Crippen LogP contribution is 2.33. The van der Waals surface area contributed by atoms with Crippen LogP contribution >= 0.6 is 0 Å². The first-order valence-corrected chi connectivity index (χ1v) is 9.69. The molecular weight excluding hydrogens is 316 g/mol. The third-order valence-electron chi connectivity index (χ3n) is 5.56. The number of nitrogens with one attached hydrogen (secondary N) is 2. The smallest absolute Gasteiger partial charge is 0.318 e. The fraction of sp³-hybridized carbons (Fsp3) is 0.789. The van der Waals surface area contributed by atoms with Crippen molar-refractivity contribution in [1.29, 1.82) is 0 Å². The van der Waals surface area contributed by atoms with Crippen molar-refractivity contribution in [1.82, 2.24) is 20.4 Å². The molecule has 0 unspecified atom stereocenters. The zero-order chi connectivity index (χ0) is 18.0. The van der Waals surface area contributed by atoms with E-state index in [1.54, 1.807) is 0 Å². The zero-order valence-electron chi connectivity index (χ0n) is 16.0. The maximum absolute atomic E-state index is 13.1. The Balaban J connectivity index is 1.76. The largest absolute Gasteiger partial charge is 0.375 e. The molecule has 2 saturated heterocycles. The van der Waals surface area contributed by atoms with Gasteiger partial charge in [0.15, 0.2) is 0 Å². The number of aryl methyl sites for hydroxylation is 2. The van der Waals surface area contributed by atoms with Gasteiger partial charge in [0.1, 0.15) is 0 Å². The van der Waals surface area contributed by atoms with E-state index in [4.69, 9.17) is 4.74 Å². The summed E-state index contributed by atoms with van der Waals surface area (Å²) in [6.45, 7) is 9.07. The molecule has 0 aromatic carbocycles. The fourth-order valence-corrected chi connectivity index (χ4v) is 4.48. The zero-order valence-corrected chi connectivity index (χ0v) is 16.0. The van der Waals surface area contributed by atoms with Crippen LogP contribution in [0, 0.1) is 13.8 Å². The van der Waals surface area contributed by atoms with E-state index >= 15 is 0 Å². The molecule has 0 spiro atoms. The van der Waals surface area contributed by atoms with Gasteiger partial charge in [-0.2, -0.15) is 5.10 Å². The van der Waals surface area contributed by atoms with Gasteiger partial charge in [0, 0.05) is 23.8 Å². The molecule has 25 heavy (non-hydrogen) atoms. The van der Waals surface area contributed by atoms with Gasteiger partial charge in [0.25, 0.3) is 0 Å². The second-order valence-corrected chi connectivity index (χ2v) is 7.78. The average molecular weight is 348 g/mol. The van der Waals surface area contributed by atoms with Crippen LogP contribution in [0.15, 0.2) is 0 Å². The van der Waals surface area contributed by atoms with Gasteiger partial charge in [-0.25, -0.2) is 4.79 Å². The molecule has 2 amide bonds. The summed E-state index contributed by atoms with van der Waals surface area (Å²) >= 11 is 0. The molecule has 2 N–H and O–H groups in total. The normalized spacial score (nSPS) is 30.8. The molecule has 6 nitrogen and oxygen atoms in total. The minimum Gasteiger partial charge on any atom is -0.375 e. The van der Waals surface area contributed by atoms with Crippen LogP contribution in [0.5, 0.6) is 0 Å². The Morgan fingerprint density at radius 1 is 1.20 bits per heavy atom. The summed E-state index contributed by atoms with van der Waals surface area (Å²) < 4.78 is 5.80. The van der Waals surface area contributed by atoms with E-state index < -0.39 is 0 Å². The predicted octanol–water partition coefficient (Wildman–Crippen LogP) is 3.61. The number of hydrogen-bond donors (Lipinski definition) is 2. The third kappa shape index (κ3) is 4.17. The van der Waals surface area contributed by atoms with Crippen molar-refractivity contribution < 1.29 is 9.53 Å². The Bertz CT molecular complexity index is 571. The van der Waals surface area contributed by atoms with Gasteiger partial charge < -0.3 is 15.0 Å². The molecule has 6 heteroatoms. The van der Waals surface area contributed by atoms with Gasteiger partial charge in [0.2, 0.25) is 0 Å². The predicted molar refractivity (Wildman–Crippen MR) is 97.5 cm³/mol. The number of carbonyl (C=O) groups is 1. The highest BCUT2D eigenvalue weighted by Gasteiger charge is 2.32. The van der Waals surface area contributed by atoms with Gasteiger partial charge in [-0.05, 0) is 53.4 Å². The number of rotatable bonds is 2. The molecule has 3 atom stereocenters. The SMILES string of the molecule is Cc1n[nH]c(C)c1[C@@H]1CCCCCN1C(=O)NC1C[C@@H](C)O[C@H](C)C1. The molecular formula is C19H32N4O2. The van der Waals surface area contributed by atoms with Crippen LogP contribution in [-0.4, -0.2) is 45.9 Å². The van der Waals surface area contributed by atoms with E-state index in [1.165, 1.54) is 12.0 Å². The Morgan fingerprint density at radius 2 is 1.92 bits per heavy atom. The first kappa shape index (κ1) is 18.2. The van der Waals surface area contributed by atoms with Crippen molar-refractivity contribution in [3.8, 4) is 0 Å². The van der Waals surface area contributed by atoms with Crippen molar-refractivity contribution in [2.75, 3.05) is 6.54 Å². The Morgan fingerprint density at radius 3 is 2.56 bits per heavy atom. The Kier molecular flexibility index (Phi) is 5.67. The first-order chi connectivity index (χ1) is 12.0. The van der Waals surface area contributed by atoms with E-state index in [0.717, 1.165) is 50.0 Å². The molecule has 0 bridgehead atoms. The molecule has 2 aliphatic heterocycles. The number of urea groups is 1. The summed E-state index contributed by atoms with van der Waals surface area (Å²) in [5, 5.41) is 10.7. The van der Waals surface area contributed by atoms with Crippen LogP contribution in [0.3, 0.4) is 0 Å². The van der Waals surface area contributed by atoms with Crippen molar-refractivity contribution in [3.63, 3.8) is 0 Å². The molecule has 0 radical (unpaired) electrons. The van der Waals surface area contributed by atoms with Crippen LogP contribution in [-0.2, 0) is 4.74 Å². The van der Waals surface area contributed by atoms with Gasteiger partial charge in [-0.3, -0.25) is 5.10 Å². The highest BCUT2D eigenvalue weighted by molar-refractivity contribution is 5.75. The minimum atomic E-state index is 0.0678. The summed E-state index contributed by atoms with van der Waals surface area (Å²) in [7, 11) is 0. The third-order valence-corrected chi connectivity index (χ3v) is 5.56. The summed E-state index contributed by atoms with van der Waals surface area (Å²) in [5.41, 5.74) is 3.29.